The molecule has 0 radical (unpaired) electrons. The van der Waals surface area contributed by atoms with Crippen molar-refractivity contribution in [2.75, 3.05) is 0 Å². The van der Waals surface area contributed by atoms with Gasteiger partial charge >= 0.3 is 0 Å². The number of hydrogen-bond acceptors (Lipinski definition) is 4. The molecule has 0 fully saturated rings. The monoisotopic (exact) mass is 374 g/mol. The van der Waals surface area contributed by atoms with Gasteiger partial charge < -0.3 is 0 Å². The predicted octanol–water partition coefficient (Wildman–Crippen LogP) is 2.62. The number of hydrogen-bond donors (Lipinski definition) is 1. The Bertz CT molecular complexity index is 748. The van der Waals surface area contributed by atoms with Crippen LogP contribution in [-0.4, -0.2) is 19.3 Å². The first-order valence-electron chi connectivity index (χ1n) is 5.33. The van der Waals surface area contributed by atoms with E-state index in [-0.39, 0.29) is 15.6 Å². The van der Waals surface area contributed by atoms with Gasteiger partial charge in [-0.25, -0.2) is 18.1 Å². The van der Waals surface area contributed by atoms with Gasteiger partial charge in [-0.2, -0.15) is 0 Å². The third-order valence-corrected chi connectivity index (χ3v) is 4.53. The Labute approximate surface area is 129 Å². The Kier molecular flexibility index (Phi) is 4.42. The molecule has 0 spiro atoms. The molecule has 104 valence electrons. The van der Waals surface area contributed by atoms with E-state index in [1.165, 1.54) is 30.5 Å². The molecule has 0 aliphatic carbocycles. The van der Waals surface area contributed by atoms with Gasteiger partial charge in [-0.3, -0.25) is 4.79 Å². The Hall–Kier alpha value is -1.44. The quantitative estimate of drug-likeness (QED) is 0.837. The average molecular weight is 376 g/mol. The lowest BCUT2D eigenvalue weighted by Crippen LogP contribution is -2.30. The summed E-state index contributed by atoms with van der Waals surface area (Å²) in [7, 11) is -3.95. The van der Waals surface area contributed by atoms with Gasteiger partial charge in [-0.15, -0.1) is 0 Å². The van der Waals surface area contributed by atoms with Crippen LogP contribution in [0.5, 0.6) is 0 Å². The standard InChI is InChI=1S/C12H8BrClN2O3S/c13-8-3-5-9(6-4-8)20(18,19)16-12(17)10-2-1-7-15-11(10)14/h1-7H,(H,16,17). The van der Waals surface area contributed by atoms with E-state index < -0.39 is 15.9 Å². The summed E-state index contributed by atoms with van der Waals surface area (Å²) in [6.07, 6.45) is 1.41. The molecule has 5 nitrogen and oxygen atoms in total. The Balaban J connectivity index is 2.27. The molecule has 1 aromatic heterocycles. The molecule has 0 saturated carbocycles. The van der Waals surface area contributed by atoms with Crippen molar-refractivity contribution in [3.63, 3.8) is 0 Å². The first-order chi connectivity index (χ1) is 9.40. The minimum Gasteiger partial charge on any atom is -0.268 e. The van der Waals surface area contributed by atoms with Crippen molar-refractivity contribution in [2.45, 2.75) is 4.90 Å². The summed E-state index contributed by atoms with van der Waals surface area (Å²) in [5.74, 6) is -0.828. The van der Waals surface area contributed by atoms with Crippen molar-refractivity contribution < 1.29 is 13.2 Å². The van der Waals surface area contributed by atoms with Crippen LogP contribution < -0.4 is 4.72 Å². The van der Waals surface area contributed by atoms with Crippen LogP contribution in [0, 0.1) is 0 Å². The van der Waals surface area contributed by atoms with Crippen LogP contribution in [0.2, 0.25) is 5.15 Å². The fourth-order valence-electron chi connectivity index (χ4n) is 1.41. The first-order valence-corrected chi connectivity index (χ1v) is 7.99. The SMILES string of the molecule is O=C(NS(=O)(=O)c1ccc(Br)cc1)c1cccnc1Cl. The fourth-order valence-corrected chi connectivity index (χ4v) is 2.84. The van der Waals surface area contributed by atoms with Crippen LogP contribution in [0.3, 0.4) is 0 Å². The molecular weight excluding hydrogens is 368 g/mol. The van der Waals surface area contributed by atoms with Crippen LogP contribution in [0.15, 0.2) is 52.0 Å². The number of carbonyl (C=O) groups is 1. The maximum atomic E-state index is 12.0. The molecular formula is C12H8BrClN2O3S. The van der Waals surface area contributed by atoms with Crippen molar-refractivity contribution in [3.05, 3.63) is 57.8 Å². The summed E-state index contributed by atoms with van der Waals surface area (Å²) in [5.41, 5.74) is -0.00477. The van der Waals surface area contributed by atoms with Gasteiger partial charge in [0.1, 0.15) is 5.15 Å². The largest absolute Gasteiger partial charge is 0.268 e. The molecule has 0 saturated heterocycles. The Morgan fingerprint density at radius 2 is 1.85 bits per heavy atom. The minimum atomic E-state index is -3.95. The maximum Gasteiger partial charge on any atom is 0.268 e. The molecule has 0 aliphatic heterocycles. The number of carbonyl (C=O) groups excluding carboxylic acids is 1. The fraction of sp³-hybridized carbons (Fsp3) is 0. The zero-order valence-corrected chi connectivity index (χ0v) is 13.0. The van der Waals surface area contributed by atoms with Crippen LogP contribution in [0.4, 0.5) is 0 Å². The molecule has 8 heteroatoms. The first kappa shape index (κ1) is 15.0. The van der Waals surface area contributed by atoms with E-state index in [4.69, 9.17) is 11.6 Å². The molecule has 20 heavy (non-hydrogen) atoms. The molecule has 0 atom stereocenters. The topological polar surface area (TPSA) is 76.1 Å². The number of benzene rings is 1. The van der Waals surface area contributed by atoms with Crippen molar-refractivity contribution >= 4 is 43.5 Å². The molecule has 0 aliphatic rings. The predicted molar refractivity (Wildman–Crippen MR) is 78.0 cm³/mol. The van der Waals surface area contributed by atoms with E-state index >= 15 is 0 Å². The molecule has 2 aromatic rings. The van der Waals surface area contributed by atoms with Crippen molar-refractivity contribution in [3.8, 4) is 0 Å². The molecule has 1 amide bonds. The third kappa shape index (κ3) is 3.36. The zero-order valence-electron chi connectivity index (χ0n) is 9.88. The summed E-state index contributed by atoms with van der Waals surface area (Å²) in [4.78, 5) is 15.6. The molecule has 0 bridgehead atoms. The maximum absolute atomic E-state index is 12.0. The van der Waals surface area contributed by atoms with Gasteiger partial charge in [-0.1, -0.05) is 27.5 Å². The molecule has 0 unspecified atom stereocenters. The van der Waals surface area contributed by atoms with E-state index in [2.05, 4.69) is 20.9 Å². The highest BCUT2D eigenvalue weighted by atomic mass is 79.9. The van der Waals surface area contributed by atoms with Crippen molar-refractivity contribution in [1.29, 1.82) is 0 Å². The van der Waals surface area contributed by atoms with Gasteiger partial charge in [0.2, 0.25) is 0 Å². The van der Waals surface area contributed by atoms with Gasteiger partial charge in [0.25, 0.3) is 15.9 Å². The van der Waals surface area contributed by atoms with E-state index in [1.54, 1.807) is 12.1 Å². The number of sulfonamides is 1. The van der Waals surface area contributed by atoms with E-state index in [0.717, 1.165) is 4.47 Å². The second kappa shape index (κ2) is 5.90. The van der Waals surface area contributed by atoms with Crippen molar-refractivity contribution in [2.24, 2.45) is 0 Å². The Morgan fingerprint density at radius 1 is 1.20 bits per heavy atom. The van der Waals surface area contributed by atoms with Crippen LogP contribution in [0.25, 0.3) is 0 Å². The summed E-state index contributed by atoms with van der Waals surface area (Å²) in [6.45, 7) is 0. The highest BCUT2D eigenvalue weighted by molar-refractivity contribution is 9.10. The zero-order chi connectivity index (χ0) is 14.8. The lowest BCUT2D eigenvalue weighted by atomic mass is 10.3. The van der Waals surface area contributed by atoms with E-state index in [9.17, 15) is 13.2 Å². The van der Waals surface area contributed by atoms with Crippen LogP contribution in [-0.2, 0) is 10.0 Å². The summed E-state index contributed by atoms with van der Waals surface area (Å²) in [5, 5.41) is -0.0593. The highest BCUT2D eigenvalue weighted by Crippen LogP contribution is 2.16. The van der Waals surface area contributed by atoms with Gasteiger partial charge in [0, 0.05) is 10.7 Å². The number of amides is 1. The second-order valence-electron chi connectivity index (χ2n) is 3.73. The highest BCUT2D eigenvalue weighted by Gasteiger charge is 2.20. The van der Waals surface area contributed by atoms with E-state index in [1.807, 2.05) is 4.72 Å². The van der Waals surface area contributed by atoms with Gasteiger partial charge in [0.05, 0.1) is 10.5 Å². The number of pyridine rings is 1. The smallest absolute Gasteiger partial charge is 0.268 e. The normalized spacial score (nSPS) is 11.1. The lowest BCUT2D eigenvalue weighted by Gasteiger charge is -2.07. The number of halogens is 2. The number of rotatable bonds is 3. The molecule has 2 rings (SSSR count). The Morgan fingerprint density at radius 3 is 2.45 bits per heavy atom. The number of aromatic nitrogens is 1. The minimum absolute atomic E-state index is 0.00477. The lowest BCUT2D eigenvalue weighted by molar-refractivity contribution is 0.0981. The molecule has 1 heterocycles. The summed E-state index contributed by atoms with van der Waals surface area (Å²) >= 11 is 8.94. The number of nitrogens with zero attached hydrogens (tertiary/aromatic N) is 1. The second-order valence-corrected chi connectivity index (χ2v) is 6.69. The molecule has 1 aromatic carbocycles. The number of nitrogens with one attached hydrogen (secondary N) is 1. The van der Waals surface area contributed by atoms with Gasteiger partial charge in [0.15, 0.2) is 0 Å². The van der Waals surface area contributed by atoms with Gasteiger partial charge in [-0.05, 0) is 36.4 Å². The van der Waals surface area contributed by atoms with E-state index in [0.29, 0.717) is 0 Å². The third-order valence-electron chi connectivity index (χ3n) is 2.35. The van der Waals surface area contributed by atoms with Crippen molar-refractivity contribution in [1.82, 2.24) is 9.71 Å². The van der Waals surface area contributed by atoms with Crippen LogP contribution in [0.1, 0.15) is 10.4 Å². The average Bonchev–Trinajstić information content (AvgIpc) is 2.39. The summed E-state index contributed by atoms with van der Waals surface area (Å²) in [6, 6.07) is 8.77. The molecule has 1 N–H and O–H groups in total. The summed E-state index contributed by atoms with van der Waals surface area (Å²) < 4.78 is 26.7. The van der Waals surface area contributed by atoms with Crippen LogP contribution >= 0.6 is 27.5 Å².